The molecule has 1 aliphatic heterocycles. The molecule has 2 aromatic rings. The highest BCUT2D eigenvalue weighted by atomic mass is 19.1. The Labute approximate surface area is 157 Å². The van der Waals surface area contributed by atoms with Gasteiger partial charge in [-0.3, -0.25) is 9.69 Å². The number of morpholine rings is 1. The normalized spacial score (nSPS) is 20.6. The van der Waals surface area contributed by atoms with Crippen LogP contribution >= 0.6 is 0 Å². The Hall–Kier alpha value is -2.25. The molecule has 1 amide bonds. The minimum atomic E-state index is -0.356. The average Bonchev–Trinajstić information content (AvgIpc) is 3.44. The number of hydrogen-bond donors (Lipinski definition) is 1. The Kier molecular flexibility index (Phi) is 5.50. The van der Waals surface area contributed by atoms with Crippen molar-refractivity contribution < 1.29 is 18.3 Å². The molecule has 1 atom stereocenters. The molecule has 1 N–H and O–H groups in total. The maximum absolute atomic E-state index is 13.8. The first-order valence-corrected chi connectivity index (χ1v) is 9.51. The molecule has 2 aliphatic rings. The van der Waals surface area contributed by atoms with Gasteiger partial charge in [0.05, 0.1) is 24.5 Å². The van der Waals surface area contributed by atoms with Gasteiger partial charge in [-0.25, -0.2) is 9.37 Å². The fraction of sp³-hybridized carbons (Fsp3) is 0.500. The number of rotatable bonds is 7. The molecule has 1 saturated carbocycles. The summed E-state index contributed by atoms with van der Waals surface area (Å²) in [7, 11) is 0. The van der Waals surface area contributed by atoms with Crippen LogP contribution in [0.25, 0.3) is 11.3 Å². The Morgan fingerprint density at radius 3 is 3.00 bits per heavy atom. The number of hydrogen-bond acceptors (Lipinski definition) is 5. The van der Waals surface area contributed by atoms with E-state index in [0.29, 0.717) is 30.2 Å². The smallest absolute Gasteiger partial charge is 0.220 e. The van der Waals surface area contributed by atoms with Crippen molar-refractivity contribution >= 4 is 5.91 Å². The zero-order valence-electron chi connectivity index (χ0n) is 15.2. The number of benzene rings is 1. The number of amides is 1. The number of aromatic nitrogens is 1. The lowest BCUT2D eigenvalue weighted by Crippen LogP contribution is -2.48. The number of carbonyl (C=O) groups excluding carboxylic acids is 1. The van der Waals surface area contributed by atoms with Crippen molar-refractivity contribution in [3.05, 3.63) is 42.2 Å². The summed E-state index contributed by atoms with van der Waals surface area (Å²) in [6, 6.07) is 7.11. The number of oxazole rings is 1. The SMILES string of the molecule is O=C(CCc1ncc(-c2ccccc2F)o1)NCC1CN(C2CC2)CCO1. The lowest BCUT2D eigenvalue weighted by molar-refractivity contribution is -0.122. The maximum Gasteiger partial charge on any atom is 0.220 e. The first kappa shape index (κ1) is 18.1. The topological polar surface area (TPSA) is 67.6 Å². The Balaban J connectivity index is 1.22. The van der Waals surface area contributed by atoms with E-state index < -0.39 is 0 Å². The summed E-state index contributed by atoms with van der Waals surface area (Å²) < 4.78 is 25.1. The van der Waals surface area contributed by atoms with Gasteiger partial charge in [-0.05, 0) is 25.0 Å². The van der Waals surface area contributed by atoms with Crippen molar-refractivity contribution in [2.24, 2.45) is 0 Å². The van der Waals surface area contributed by atoms with Crippen LogP contribution in [0.2, 0.25) is 0 Å². The molecule has 7 heteroatoms. The third kappa shape index (κ3) is 4.73. The van der Waals surface area contributed by atoms with Gasteiger partial charge in [-0.2, -0.15) is 0 Å². The summed E-state index contributed by atoms with van der Waals surface area (Å²) in [6.45, 7) is 3.13. The molecule has 1 aromatic carbocycles. The molecule has 1 aromatic heterocycles. The predicted molar refractivity (Wildman–Crippen MR) is 97.6 cm³/mol. The monoisotopic (exact) mass is 373 g/mol. The van der Waals surface area contributed by atoms with E-state index in [2.05, 4.69) is 15.2 Å². The maximum atomic E-state index is 13.8. The van der Waals surface area contributed by atoms with E-state index in [1.54, 1.807) is 18.2 Å². The van der Waals surface area contributed by atoms with Crippen LogP contribution in [0.1, 0.15) is 25.2 Å². The second-order valence-electron chi connectivity index (χ2n) is 7.12. The molecule has 0 radical (unpaired) electrons. The van der Waals surface area contributed by atoms with E-state index in [1.165, 1.54) is 25.1 Å². The van der Waals surface area contributed by atoms with Gasteiger partial charge in [0, 0.05) is 38.5 Å². The molecule has 4 rings (SSSR count). The molecule has 0 spiro atoms. The quantitative estimate of drug-likeness (QED) is 0.807. The van der Waals surface area contributed by atoms with Gasteiger partial charge < -0.3 is 14.5 Å². The number of nitrogens with zero attached hydrogens (tertiary/aromatic N) is 2. The summed E-state index contributed by atoms with van der Waals surface area (Å²) in [5.41, 5.74) is 0.371. The minimum absolute atomic E-state index is 0.0534. The van der Waals surface area contributed by atoms with Gasteiger partial charge >= 0.3 is 0 Å². The fourth-order valence-electron chi connectivity index (χ4n) is 3.38. The Morgan fingerprint density at radius 1 is 1.33 bits per heavy atom. The molecule has 0 bridgehead atoms. The molecule has 1 saturated heterocycles. The highest BCUT2D eigenvalue weighted by Gasteiger charge is 2.32. The lowest BCUT2D eigenvalue weighted by atomic mass is 10.2. The fourth-order valence-corrected chi connectivity index (χ4v) is 3.38. The first-order chi connectivity index (χ1) is 13.2. The predicted octanol–water partition coefficient (Wildman–Crippen LogP) is 2.39. The molecule has 1 unspecified atom stereocenters. The van der Waals surface area contributed by atoms with Gasteiger partial charge in [0.15, 0.2) is 11.7 Å². The summed E-state index contributed by atoms with van der Waals surface area (Å²) in [6.07, 6.45) is 4.76. The van der Waals surface area contributed by atoms with Crippen molar-refractivity contribution in [3.8, 4) is 11.3 Å². The number of carbonyl (C=O) groups is 1. The third-order valence-corrected chi connectivity index (χ3v) is 5.02. The van der Waals surface area contributed by atoms with Crippen molar-refractivity contribution in [1.29, 1.82) is 0 Å². The van der Waals surface area contributed by atoms with Gasteiger partial charge in [0.1, 0.15) is 5.82 Å². The second kappa shape index (κ2) is 8.19. The van der Waals surface area contributed by atoms with Crippen LogP contribution in [0.4, 0.5) is 4.39 Å². The molecule has 6 nitrogen and oxygen atoms in total. The largest absolute Gasteiger partial charge is 0.441 e. The molecule has 144 valence electrons. The van der Waals surface area contributed by atoms with E-state index in [0.717, 1.165) is 25.7 Å². The minimum Gasteiger partial charge on any atom is -0.441 e. The van der Waals surface area contributed by atoms with Gasteiger partial charge in [0.25, 0.3) is 0 Å². The van der Waals surface area contributed by atoms with Crippen LogP contribution < -0.4 is 5.32 Å². The zero-order chi connectivity index (χ0) is 18.6. The molecule has 27 heavy (non-hydrogen) atoms. The van der Waals surface area contributed by atoms with Gasteiger partial charge in [-0.1, -0.05) is 12.1 Å². The average molecular weight is 373 g/mol. The Bertz CT molecular complexity index is 790. The third-order valence-electron chi connectivity index (χ3n) is 5.02. The van der Waals surface area contributed by atoms with E-state index in [1.807, 2.05) is 0 Å². The van der Waals surface area contributed by atoms with Crippen LogP contribution in [-0.4, -0.2) is 54.2 Å². The summed E-state index contributed by atoms with van der Waals surface area (Å²) >= 11 is 0. The van der Waals surface area contributed by atoms with Crippen LogP contribution in [0.5, 0.6) is 0 Å². The Morgan fingerprint density at radius 2 is 2.19 bits per heavy atom. The van der Waals surface area contributed by atoms with E-state index >= 15 is 0 Å². The summed E-state index contributed by atoms with van der Waals surface area (Å²) in [5, 5.41) is 2.93. The van der Waals surface area contributed by atoms with Crippen LogP contribution in [0.15, 0.2) is 34.9 Å². The van der Waals surface area contributed by atoms with Crippen molar-refractivity contribution in [1.82, 2.24) is 15.2 Å². The molecule has 2 heterocycles. The number of nitrogens with one attached hydrogen (secondary N) is 1. The number of aryl methyl sites for hydroxylation is 1. The molecule has 1 aliphatic carbocycles. The lowest BCUT2D eigenvalue weighted by Gasteiger charge is -2.33. The molecule has 2 fully saturated rings. The highest BCUT2D eigenvalue weighted by Crippen LogP contribution is 2.28. The van der Waals surface area contributed by atoms with Crippen LogP contribution in [0, 0.1) is 5.82 Å². The number of halogens is 1. The molecular formula is C20H24FN3O3. The van der Waals surface area contributed by atoms with Gasteiger partial charge in [-0.15, -0.1) is 0 Å². The van der Waals surface area contributed by atoms with E-state index in [-0.39, 0.29) is 24.2 Å². The first-order valence-electron chi connectivity index (χ1n) is 9.51. The second-order valence-corrected chi connectivity index (χ2v) is 7.12. The highest BCUT2D eigenvalue weighted by molar-refractivity contribution is 5.76. The van der Waals surface area contributed by atoms with Crippen LogP contribution in [0.3, 0.4) is 0 Å². The number of ether oxygens (including phenoxy) is 1. The van der Waals surface area contributed by atoms with Crippen molar-refractivity contribution in [2.75, 3.05) is 26.2 Å². The van der Waals surface area contributed by atoms with Crippen molar-refractivity contribution in [3.63, 3.8) is 0 Å². The standard InChI is InChI=1S/C20H24FN3O3/c21-17-4-2-1-3-16(17)18-12-23-20(27-18)8-7-19(25)22-11-15-13-24(9-10-26-15)14-5-6-14/h1-4,12,14-15H,5-11,13H2,(H,22,25). The summed E-state index contributed by atoms with van der Waals surface area (Å²) in [5.74, 6) is 0.384. The van der Waals surface area contributed by atoms with Crippen molar-refractivity contribution in [2.45, 2.75) is 37.8 Å². The van der Waals surface area contributed by atoms with Gasteiger partial charge in [0.2, 0.25) is 5.91 Å². The van der Waals surface area contributed by atoms with E-state index in [9.17, 15) is 9.18 Å². The molecular weight excluding hydrogens is 349 g/mol. The van der Waals surface area contributed by atoms with E-state index in [4.69, 9.17) is 9.15 Å². The zero-order valence-corrected chi connectivity index (χ0v) is 15.2. The van der Waals surface area contributed by atoms with Crippen LogP contribution in [-0.2, 0) is 16.0 Å². The summed E-state index contributed by atoms with van der Waals surface area (Å²) in [4.78, 5) is 18.7.